The van der Waals surface area contributed by atoms with E-state index in [0.29, 0.717) is 24.0 Å². The van der Waals surface area contributed by atoms with Crippen molar-refractivity contribution in [2.45, 2.75) is 25.8 Å². The molecule has 3 N–H and O–H groups in total. The number of amides is 1. The van der Waals surface area contributed by atoms with Crippen molar-refractivity contribution in [3.8, 4) is 0 Å². The summed E-state index contributed by atoms with van der Waals surface area (Å²) in [7, 11) is 0. The topological polar surface area (TPSA) is 53.2 Å². The van der Waals surface area contributed by atoms with Crippen LogP contribution in [0.3, 0.4) is 0 Å². The minimum atomic E-state index is -0.271. The average Bonchev–Trinajstić information content (AvgIpc) is 2.97. The first-order valence-electron chi connectivity index (χ1n) is 6.87. The molecule has 0 aliphatic heterocycles. The van der Waals surface area contributed by atoms with Crippen LogP contribution in [0.4, 0.5) is 4.39 Å². The molecule has 1 aliphatic carbocycles. The Hall–Kier alpha value is -1.95. The van der Waals surface area contributed by atoms with Gasteiger partial charge < -0.3 is 5.32 Å². The molecule has 1 atom stereocenters. The number of hydrogen-bond donors (Lipinski definition) is 3. The molecule has 4 nitrogen and oxygen atoms in total. The number of rotatable bonds is 4. The highest BCUT2D eigenvalue weighted by Crippen LogP contribution is 2.19. The number of carbonyl (C=O) groups excluding carboxylic acids is 1. The molecule has 0 heterocycles. The normalized spacial score (nSPS) is 16.5. The van der Waals surface area contributed by atoms with Crippen molar-refractivity contribution in [1.82, 2.24) is 16.2 Å². The van der Waals surface area contributed by atoms with E-state index in [0.717, 1.165) is 18.4 Å². The lowest BCUT2D eigenvalue weighted by molar-refractivity contribution is -0.122. The van der Waals surface area contributed by atoms with Gasteiger partial charge in [0.2, 0.25) is 5.91 Å². The molecule has 1 aliphatic rings. The second kappa shape index (κ2) is 7.73. The summed E-state index contributed by atoms with van der Waals surface area (Å²) in [6, 6.07) is 6.14. The highest BCUT2D eigenvalue weighted by atomic mass is 32.1. The van der Waals surface area contributed by atoms with E-state index < -0.39 is 0 Å². The highest BCUT2D eigenvalue weighted by molar-refractivity contribution is 7.80. The van der Waals surface area contributed by atoms with Crippen molar-refractivity contribution >= 4 is 23.2 Å². The molecule has 0 saturated carbocycles. The van der Waals surface area contributed by atoms with Crippen LogP contribution in [-0.4, -0.2) is 11.0 Å². The SMILES string of the molecule is O=C(C[C@H]1C=CCC1)NNC(=S)NCc1ccc(F)cc1. The highest BCUT2D eigenvalue weighted by Gasteiger charge is 2.13. The molecule has 0 bridgehead atoms. The minimum absolute atomic E-state index is 0.0857. The van der Waals surface area contributed by atoms with Crippen LogP contribution >= 0.6 is 12.2 Å². The van der Waals surface area contributed by atoms with E-state index in [-0.39, 0.29) is 11.7 Å². The van der Waals surface area contributed by atoms with Crippen LogP contribution in [0.25, 0.3) is 0 Å². The van der Waals surface area contributed by atoms with E-state index in [1.807, 2.05) is 0 Å². The third-order valence-corrected chi connectivity index (χ3v) is 3.49. The van der Waals surface area contributed by atoms with Gasteiger partial charge in [0, 0.05) is 13.0 Å². The second-order valence-corrected chi connectivity index (χ2v) is 5.36. The zero-order chi connectivity index (χ0) is 15.1. The first kappa shape index (κ1) is 15.4. The van der Waals surface area contributed by atoms with Gasteiger partial charge in [-0.25, -0.2) is 4.39 Å². The van der Waals surface area contributed by atoms with Gasteiger partial charge in [-0.15, -0.1) is 0 Å². The Morgan fingerprint density at radius 3 is 2.71 bits per heavy atom. The maximum Gasteiger partial charge on any atom is 0.238 e. The Morgan fingerprint density at radius 2 is 2.05 bits per heavy atom. The Kier molecular flexibility index (Phi) is 5.68. The molecule has 0 saturated heterocycles. The molecule has 0 fully saturated rings. The van der Waals surface area contributed by atoms with Gasteiger partial charge in [-0.05, 0) is 48.7 Å². The molecule has 2 rings (SSSR count). The van der Waals surface area contributed by atoms with Crippen molar-refractivity contribution in [3.05, 3.63) is 47.8 Å². The summed E-state index contributed by atoms with van der Waals surface area (Å²) in [5.74, 6) is -0.0299. The average molecular weight is 307 g/mol. The van der Waals surface area contributed by atoms with E-state index in [4.69, 9.17) is 12.2 Å². The molecular weight excluding hydrogens is 289 g/mol. The summed E-state index contributed by atoms with van der Waals surface area (Å²) in [5, 5.41) is 3.26. The van der Waals surface area contributed by atoms with Crippen LogP contribution in [0.1, 0.15) is 24.8 Å². The van der Waals surface area contributed by atoms with Crippen molar-refractivity contribution in [2.24, 2.45) is 5.92 Å². The fraction of sp³-hybridized carbons (Fsp3) is 0.333. The zero-order valence-corrected chi connectivity index (χ0v) is 12.4. The summed E-state index contributed by atoms with van der Waals surface area (Å²) in [6.07, 6.45) is 6.71. The van der Waals surface area contributed by atoms with Crippen LogP contribution in [0.15, 0.2) is 36.4 Å². The molecular formula is C15H18FN3OS. The van der Waals surface area contributed by atoms with E-state index >= 15 is 0 Å². The lowest BCUT2D eigenvalue weighted by Crippen LogP contribution is -2.46. The standard InChI is InChI=1S/C15H18FN3OS/c16-13-7-5-12(6-8-13)10-17-15(21)19-18-14(20)9-11-3-1-2-4-11/h1,3,5-8,11H,2,4,9-10H2,(H,18,20)(H2,17,19,21)/t11-/m0/s1. The van der Waals surface area contributed by atoms with Crippen molar-refractivity contribution in [1.29, 1.82) is 0 Å². The monoisotopic (exact) mass is 307 g/mol. The summed E-state index contributed by atoms with van der Waals surface area (Å²) in [6.45, 7) is 0.466. The van der Waals surface area contributed by atoms with Crippen LogP contribution < -0.4 is 16.2 Å². The van der Waals surface area contributed by atoms with E-state index in [1.54, 1.807) is 12.1 Å². The first-order chi connectivity index (χ1) is 10.1. The first-order valence-corrected chi connectivity index (χ1v) is 7.28. The Labute approximate surface area is 128 Å². The van der Waals surface area contributed by atoms with Crippen LogP contribution in [0, 0.1) is 11.7 Å². The van der Waals surface area contributed by atoms with Gasteiger partial charge in [0.1, 0.15) is 5.82 Å². The van der Waals surface area contributed by atoms with Gasteiger partial charge in [0.05, 0.1) is 0 Å². The summed E-state index contributed by atoms with van der Waals surface area (Å²) in [4.78, 5) is 11.7. The van der Waals surface area contributed by atoms with Crippen molar-refractivity contribution < 1.29 is 9.18 Å². The van der Waals surface area contributed by atoms with Crippen LogP contribution in [0.5, 0.6) is 0 Å². The fourth-order valence-corrected chi connectivity index (χ4v) is 2.23. The molecule has 0 radical (unpaired) electrons. The molecule has 112 valence electrons. The summed E-state index contributed by atoms with van der Waals surface area (Å²) >= 11 is 5.06. The fourth-order valence-electron chi connectivity index (χ4n) is 2.11. The van der Waals surface area contributed by atoms with Gasteiger partial charge in [-0.3, -0.25) is 15.6 Å². The van der Waals surface area contributed by atoms with Gasteiger partial charge in [-0.2, -0.15) is 0 Å². The van der Waals surface area contributed by atoms with Gasteiger partial charge >= 0.3 is 0 Å². The minimum Gasteiger partial charge on any atom is -0.357 e. The molecule has 1 aromatic carbocycles. The van der Waals surface area contributed by atoms with Crippen molar-refractivity contribution in [3.63, 3.8) is 0 Å². The Morgan fingerprint density at radius 1 is 1.29 bits per heavy atom. The molecule has 6 heteroatoms. The molecule has 0 unspecified atom stereocenters. The van der Waals surface area contributed by atoms with Crippen molar-refractivity contribution in [2.75, 3.05) is 0 Å². The third-order valence-electron chi connectivity index (χ3n) is 3.24. The second-order valence-electron chi connectivity index (χ2n) is 4.95. The lowest BCUT2D eigenvalue weighted by atomic mass is 10.1. The van der Waals surface area contributed by atoms with E-state index in [1.165, 1.54) is 12.1 Å². The van der Waals surface area contributed by atoms with E-state index in [9.17, 15) is 9.18 Å². The third kappa shape index (κ3) is 5.51. The number of benzene rings is 1. The molecule has 0 spiro atoms. The number of nitrogens with one attached hydrogen (secondary N) is 3. The number of hydrogen-bond acceptors (Lipinski definition) is 2. The number of hydrazine groups is 1. The largest absolute Gasteiger partial charge is 0.357 e. The number of halogens is 1. The van der Waals surface area contributed by atoms with Crippen LogP contribution in [0.2, 0.25) is 0 Å². The molecule has 21 heavy (non-hydrogen) atoms. The van der Waals surface area contributed by atoms with Crippen LogP contribution in [-0.2, 0) is 11.3 Å². The van der Waals surface area contributed by atoms with E-state index in [2.05, 4.69) is 28.3 Å². The predicted molar refractivity (Wildman–Crippen MR) is 83.6 cm³/mol. The number of allylic oxidation sites excluding steroid dienone is 2. The lowest BCUT2D eigenvalue weighted by Gasteiger charge is -2.13. The van der Waals surface area contributed by atoms with Gasteiger partial charge in [0.25, 0.3) is 0 Å². The maximum atomic E-state index is 12.8. The van der Waals surface area contributed by atoms with Gasteiger partial charge in [0.15, 0.2) is 5.11 Å². The predicted octanol–water partition coefficient (Wildman–Crippen LogP) is 2.18. The smallest absolute Gasteiger partial charge is 0.238 e. The number of thiocarbonyl (C=S) groups is 1. The maximum absolute atomic E-state index is 12.8. The molecule has 0 aromatic heterocycles. The quantitative estimate of drug-likeness (QED) is 0.453. The number of carbonyl (C=O) groups is 1. The Bertz CT molecular complexity index is 530. The molecule has 1 amide bonds. The van der Waals surface area contributed by atoms with Gasteiger partial charge in [-0.1, -0.05) is 24.3 Å². The molecule has 1 aromatic rings. The summed E-state index contributed by atoms with van der Waals surface area (Å²) in [5.41, 5.74) is 6.13. The summed E-state index contributed by atoms with van der Waals surface area (Å²) < 4.78 is 12.8. The zero-order valence-electron chi connectivity index (χ0n) is 11.6. The Balaban J connectivity index is 1.63.